The third-order valence-corrected chi connectivity index (χ3v) is 8.41. The number of rotatable bonds is 3. The summed E-state index contributed by atoms with van der Waals surface area (Å²) in [5, 5.41) is 9.62. The van der Waals surface area contributed by atoms with Crippen molar-refractivity contribution < 1.29 is 13.5 Å². The van der Waals surface area contributed by atoms with Gasteiger partial charge in [0.25, 0.3) is 0 Å². The summed E-state index contributed by atoms with van der Waals surface area (Å²) < 4.78 is 21.2. The minimum Gasteiger partial charge on any atom is -0.389 e. The zero-order valence-corrected chi connectivity index (χ0v) is 11.1. The summed E-state index contributed by atoms with van der Waals surface area (Å²) in [5.74, 6) is 0.149. The predicted octanol–water partition coefficient (Wildman–Crippen LogP) is 1.29. The van der Waals surface area contributed by atoms with E-state index in [9.17, 15) is 13.5 Å². The number of aliphatic hydroxyl groups excluding tert-OH is 1. The number of aliphatic hydroxyl groups is 1. The summed E-state index contributed by atoms with van der Waals surface area (Å²) in [4.78, 5) is 0. The SMILES string of the molecule is CS(=O)(=O)[C@@](Br)(I)[C@@H](O)C1CC1. The molecule has 1 rings (SSSR count). The smallest absolute Gasteiger partial charge is 0.202 e. The third-order valence-electron chi connectivity index (χ3n) is 1.91. The Morgan fingerprint density at radius 3 is 2.33 bits per heavy atom. The van der Waals surface area contributed by atoms with Gasteiger partial charge in [0.2, 0.25) is 1.66 Å². The van der Waals surface area contributed by atoms with E-state index in [0.29, 0.717) is 0 Å². The number of hydrogen-bond acceptors (Lipinski definition) is 3. The molecule has 0 heterocycles. The Kier molecular flexibility index (Phi) is 3.13. The zero-order chi connectivity index (χ0) is 9.57. The molecule has 3 nitrogen and oxygen atoms in total. The lowest BCUT2D eigenvalue weighted by Crippen LogP contribution is -2.38. The molecule has 0 aliphatic heterocycles. The van der Waals surface area contributed by atoms with E-state index in [0.717, 1.165) is 19.1 Å². The van der Waals surface area contributed by atoms with Crippen LogP contribution in [0.1, 0.15) is 12.8 Å². The van der Waals surface area contributed by atoms with Crippen LogP contribution in [0.4, 0.5) is 0 Å². The maximum absolute atomic E-state index is 11.2. The van der Waals surface area contributed by atoms with Gasteiger partial charge in [-0.05, 0) is 41.4 Å². The topological polar surface area (TPSA) is 54.4 Å². The number of hydrogen-bond donors (Lipinski definition) is 1. The minimum atomic E-state index is -3.25. The molecule has 0 bridgehead atoms. The van der Waals surface area contributed by atoms with Crippen LogP contribution in [0.15, 0.2) is 0 Å². The fourth-order valence-corrected chi connectivity index (χ4v) is 2.42. The molecule has 0 spiro atoms. The first-order valence-electron chi connectivity index (χ1n) is 3.52. The van der Waals surface area contributed by atoms with E-state index in [-0.39, 0.29) is 5.92 Å². The molecule has 0 aromatic heterocycles. The first-order chi connectivity index (χ1) is 5.27. The van der Waals surface area contributed by atoms with Crippen LogP contribution < -0.4 is 0 Å². The molecule has 0 aromatic carbocycles. The largest absolute Gasteiger partial charge is 0.389 e. The van der Waals surface area contributed by atoms with Gasteiger partial charge in [-0.25, -0.2) is 8.42 Å². The highest BCUT2D eigenvalue weighted by Gasteiger charge is 2.49. The molecule has 1 aliphatic carbocycles. The van der Waals surface area contributed by atoms with Gasteiger partial charge >= 0.3 is 0 Å². The summed E-state index contributed by atoms with van der Waals surface area (Å²) >= 11 is 4.80. The van der Waals surface area contributed by atoms with Gasteiger partial charge in [0, 0.05) is 6.26 Å². The number of sulfone groups is 1. The van der Waals surface area contributed by atoms with Crippen molar-refractivity contribution in [1.82, 2.24) is 0 Å². The van der Waals surface area contributed by atoms with Gasteiger partial charge in [0.05, 0.1) is 6.10 Å². The standard InChI is InChI=1S/C6H10BrIO3S/c1-12(10,11)6(7,8)5(9)4-2-3-4/h4-5,9H,2-3H2,1H3/t5-,6-/m0/s1. The van der Waals surface area contributed by atoms with E-state index in [1.54, 1.807) is 22.6 Å². The van der Waals surface area contributed by atoms with Gasteiger partial charge in [-0.3, -0.25) is 0 Å². The fourth-order valence-electron chi connectivity index (χ4n) is 0.906. The van der Waals surface area contributed by atoms with Gasteiger partial charge in [-0.2, -0.15) is 0 Å². The van der Waals surface area contributed by atoms with Gasteiger partial charge in [0.15, 0.2) is 9.84 Å². The third kappa shape index (κ3) is 2.13. The van der Waals surface area contributed by atoms with Crippen LogP contribution in [0.25, 0.3) is 0 Å². The van der Waals surface area contributed by atoms with E-state index in [2.05, 4.69) is 15.9 Å². The Bertz CT molecular complexity index is 271. The molecule has 12 heavy (non-hydrogen) atoms. The molecule has 0 aromatic rings. The van der Waals surface area contributed by atoms with Crippen LogP contribution in [0.5, 0.6) is 0 Å². The molecule has 1 fully saturated rings. The van der Waals surface area contributed by atoms with Crippen LogP contribution in [0.3, 0.4) is 0 Å². The van der Waals surface area contributed by atoms with Crippen LogP contribution >= 0.6 is 38.5 Å². The van der Waals surface area contributed by atoms with Crippen molar-refractivity contribution in [3.8, 4) is 0 Å². The normalized spacial score (nSPS) is 26.3. The maximum atomic E-state index is 11.2. The van der Waals surface area contributed by atoms with Crippen LogP contribution in [-0.4, -0.2) is 27.5 Å². The van der Waals surface area contributed by atoms with E-state index in [4.69, 9.17) is 0 Å². The van der Waals surface area contributed by atoms with Crippen molar-refractivity contribution in [1.29, 1.82) is 0 Å². The highest BCUT2D eigenvalue weighted by molar-refractivity contribution is 14.1. The fraction of sp³-hybridized carbons (Fsp3) is 1.00. The molecule has 1 N–H and O–H groups in total. The van der Waals surface area contributed by atoms with Crippen molar-refractivity contribution in [2.45, 2.75) is 20.6 Å². The van der Waals surface area contributed by atoms with Crippen LogP contribution in [0, 0.1) is 5.92 Å². The summed E-state index contributed by atoms with van der Waals surface area (Å²) in [7, 11) is -3.25. The monoisotopic (exact) mass is 368 g/mol. The summed E-state index contributed by atoms with van der Waals surface area (Å²) in [6.45, 7) is 0. The van der Waals surface area contributed by atoms with Crippen LogP contribution in [-0.2, 0) is 9.84 Å². The molecule has 6 heteroatoms. The Labute approximate surface area is 94.1 Å². The second-order valence-electron chi connectivity index (χ2n) is 3.12. The second-order valence-corrected chi connectivity index (χ2v) is 11.0. The maximum Gasteiger partial charge on any atom is 0.202 e. The van der Waals surface area contributed by atoms with E-state index in [1.807, 2.05) is 0 Å². The minimum absolute atomic E-state index is 0.149. The first kappa shape index (κ1) is 11.2. The predicted molar refractivity (Wildman–Crippen MR) is 59.3 cm³/mol. The lowest BCUT2D eigenvalue weighted by molar-refractivity contribution is 0.164. The number of halogens is 2. The average Bonchev–Trinajstić information content (AvgIpc) is 2.64. The van der Waals surface area contributed by atoms with Gasteiger partial charge < -0.3 is 5.11 Å². The molecule has 0 saturated heterocycles. The van der Waals surface area contributed by atoms with Gasteiger partial charge in [-0.1, -0.05) is 15.9 Å². The Morgan fingerprint density at radius 1 is 1.67 bits per heavy atom. The van der Waals surface area contributed by atoms with Crippen molar-refractivity contribution >= 4 is 48.4 Å². The molecule has 0 unspecified atom stereocenters. The zero-order valence-electron chi connectivity index (χ0n) is 6.50. The average molecular weight is 369 g/mol. The first-order valence-corrected chi connectivity index (χ1v) is 7.28. The second kappa shape index (κ2) is 3.36. The highest BCUT2D eigenvalue weighted by atomic mass is 127. The van der Waals surface area contributed by atoms with Gasteiger partial charge in [0.1, 0.15) is 0 Å². The molecule has 2 atom stereocenters. The van der Waals surface area contributed by atoms with Crippen molar-refractivity contribution in [3.05, 3.63) is 0 Å². The Balaban J connectivity index is 2.83. The van der Waals surface area contributed by atoms with Crippen molar-refractivity contribution in [2.75, 3.05) is 6.26 Å². The van der Waals surface area contributed by atoms with E-state index < -0.39 is 17.6 Å². The molecule has 1 aliphatic rings. The highest BCUT2D eigenvalue weighted by Crippen LogP contribution is 2.46. The molecular weight excluding hydrogens is 359 g/mol. The summed E-state index contributed by atoms with van der Waals surface area (Å²) in [6, 6.07) is 0. The number of alkyl halides is 2. The van der Waals surface area contributed by atoms with Crippen LogP contribution in [0.2, 0.25) is 0 Å². The summed E-state index contributed by atoms with van der Waals surface area (Å²) in [6.07, 6.45) is 2.17. The van der Waals surface area contributed by atoms with Gasteiger partial charge in [-0.15, -0.1) is 0 Å². The van der Waals surface area contributed by atoms with Crippen molar-refractivity contribution in [3.63, 3.8) is 0 Å². The molecule has 0 radical (unpaired) electrons. The Hall–Kier alpha value is 1.12. The quantitative estimate of drug-likeness (QED) is 0.603. The molecule has 1 saturated carbocycles. The molecule has 0 amide bonds. The van der Waals surface area contributed by atoms with E-state index >= 15 is 0 Å². The van der Waals surface area contributed by atoms with Crippen molar-refractivity contribution in [2.24, 2.45) is 5.92 Å². The van der Waals surface area contributed by atoms with E-state index in [1.165, 1.54) is 0 Å². The lowest BCUT2D eigenvalue weighted by atomic mass is 10.3. The lowest BCUT2D eigenvalue weighted by Gasteiger charge is -2.24. The molecule has 72 valence electrons. The molecular formula is C6H10BrIO3S. The Morgan fingerprint density at radius 2 is 2.08 bits per heavy atom. The summed E-state index contributed by atoms with van der Waals surface area (Å²) in [5.41, 5.74) is 0.